The minimum Gasteiger partial charge on any atom is -0.451 e. The van der Waals surface area contributed by atoms with Crippen molar-refractivity contribution in [1.82, 2.24) is 10.5 Å². The fraction of sp³-hybridized carbons (Fsp3) is 0.0500. The Labute approximate surface area is 152 Å². The molecule has 27 heavy (non-hydrogen) atoms. The molecule has 0 aliphatic carbocycles. The van der Waals surface area contributed by atoms with E-state index in [2.05, 4.69) is 10.5 Å². The van der Waals surface area contributed by atoms with Crippen LogP contribution in [0.4, 0.5) is 4.39 Å². The summed E-state index contributed by atoms with van der Waals surface area (Å²) in [5.74, 6) is -0.510. The van der Waals surface area contributed by atoms with Crippen LogP contribution in [0.3, 0.4) is 0 Å². The number of aromatic nitrogens is 1. The van der Waals surface area contributed by atoms with Gasteiger partial charge in [-0.1, -0.05) is 17.3 Å². The fourth-order valence-corrected chi connectivity index (χ4v) is 2.62. The molecule has 0 saturated carbocycles. The summed E-state index contributed by atoms with van der Waals surface area (Å²) in [5, 5.41) is 6.91. The van der Waals surface area contributed by atoms with Crippen molar-refractivity contribution in [3.8, 4) is 11.3 Å². The molecule has 0 bridgehead atoms. The maximum absolute atomic E-state index is 13.0. The number of amides is 1. The predicted molar refractivity (Wildman–Crippen MR) is 95.6 cm³/mol. The average Bonchev–Trinajstić information content (AvgIpc) is 3.15. The van der Waals surface area contributed by atoms with E-state index < -0.39 is 5.91 Å². The molecule has 0 fully saturated rings. The van der Waals surface area contributed by atoms with Gasteiger partial charge in [-0.05, 0) is 36.4 Å². The summed E-state index contributed by atoms with van der Waals surface area (Å²) in [6, 6.07) is 15.3. The molecule has 2 heterocycles. The van der Waals surface area contributed by atoms with Gasteiger partial charge in [0, 0.05) is 17.7 Å². The summed E-state index contributed by atoms with van der Waals surface area (Å²) in [4.78, 5) is 24.4. The first kappa shape index (κ1) is 16.7. The highest BCUT2D eigenvalue weighted by Gasteiger charge is 2.13. The van der Waals surface area contributed by atoms with Gasteiger partial charge >= 0.3 is 0 Å². The minimum atomic E-state index is -0.538. The fourth-order valence-electron chi connectivity index (χ4n) is 2.62. The predicted octanol–water partition coefficient (Wildman–Crippen LogP) is 3.52. The van der Waals surface area contributed by atoms with Crippen molar-refractivity contribution >= 4 is 16.9 Å². The Bertz CT molecular complexity index is 1180. The second-order valence-electron chi connectivity index (χ2n) is 5.84. The Hall–Kier alpha value is -3.74. The normalized spacial score (nSPS) is 10.9. The van der Waals surface area contributed by atoms with Gasteiger partial charge in [-0.15, -0.1) is 0 Å². The van der Waals surface area contributed by atoms with Crippen molar-refractivity contribution in [3.05, 3.63) is 88.2 Å². The van der Waals surface area contributed by atoms with Gasteiger partial charge in [-0.3, -0.25) is 9.59 Å². The van der Waals surface area contributed by atoms with Crippen molar-refractivity contribution in [2.75, 3.05) is 0 Å². The highest BCUT2D eigenvalue weighted by atomic mass is 19.1. The number of nitrogens with zero attached hydrogens (tertiary/aromatic N) is 1. The maximum Gasteiger partial charge on any atom is 0.287 e. The highest BCUT2D eigenvalue weighted by molar-refractivity contribution is 5.93. The monoisotopic (exact) mass is 364 g/mol. The van der Waals surface area contributed by atoms with E-state index in [0.29, 0.717) is 28.0 Å². The van der Waals surface area contributed by atoms with Gasteiger partial charge in [-0.25, -0.2) is 4.39 Å². The minimum absolute atomic E-state index is 0.0825. The third-order valence-corrected chi connectivity index (χ3v) is 3.98. The Morgan fingerprint density at radius 2 is 1.85 bits per heavy atom. The number of nitrogens with one attached hydrogen (secondary N) is 1. The van der Waals surface area contributed by atoms with E-state index >= 15 is 0 Å². The number of hydrogen-bond donors (Lipinski definition) is 1. The molecule has 1 amide bonds. The number of carbonyl (C=O) groups excluding carboxylic acids is 1. The lowest BCUT2D eigenvalue weighted by molar-refractivity contribution is 0.0923. The Morgan fingerprint density at radius 1 is 1.07 bits per heavy atom. The zero-order valence-electron chi connectivity index (χ0n) is 13.9. The molecular formula is C20H13FN2O4. The van der Waals surface area contributed by atoms with Crippen molar-refractivity contribution in [3.63, 3.8) is 0 Å². The molecule has 1 N–H and O–H groups in total. The summed E-state index contributed by atoms with van der Waals surface area (Å²) >= 11 is 0. The third kappa shape index (κ3) is 3.48. The van der Waals surface area contributed by atoms with E-state index in [1.54, 1.807) is 42.5 Å². The number of fused-ring (bicyclic) bond motifs is 1. The van der Waals surface area contributed by atoms with Gasteiger partial charge in [0.15, 0.2) is 16.9 Å². The summed E-state index contributed by atoms with van der Waals surface area (Å²) in [6.45, 7) is 0.0834. The molecule has 0 radical (unpaired) electrons. The third-order valence-electron chi connectivity index (χ3n) is 3.98. The van der Waals surface area contributed by atoms with Gasteiger partial charge in [0.1, 0.15) is 17.1 Å². The van der Waals surface area contributed by atoms with Crippen LogP contribution in [-0.4, -0.2) is 11.1 Å². The highest BCUT2D eigenvalue weighted by Crippen LogP contribution is 2.20. The molecule has 0 unspecified atom stereocenters. The lowest BCUT2D eigenvalue weighted by atomic mass is 10.1. The number of carbonyl (C=O) groups is 1. The quantitative estimate of drug-likeness (QED) is 0.599. The van der Waals surface area contributed by atoms with Crippen LogP contribution in [0.5, 0.6) is 0 Å². The lowest BCUT2D eigenvalue weighted by Gasteiger charge is -2.03. The Kier molecular flexibility index (Phi) is 4.25. The zero-order valence-corrected chi connectivity index (χ0v) is 13.9. The van der Waals surface area contributed by atoms with Gasteiger partial charge in [-0.2, -0.15) is 0 Å². The SMILES string of the molecule is O=C(NCc1cc(-c2ccc(F)cc2)on1)c1cc(=O)c2ccccc2o1. The van der Waals surface area contributed by atoms with E-state index in [-0.39, 0.29) is 23.6 Å². The summed E-state index contributed by atoms with van der Waals surface area (Å²) in [5.41, 5.74) is 1.20. The summed E-state index contributed by atoms with van der Waals surface area (Å²) in [7, 11) is 0. The first-order chi connectivity index (χ1) is 13.1. The van der Waals surface area contributed by atoms with Crippen LogP contribution in [0.1, 0.15) is 16.2 Å². The molecule has 0 aliphatic rings. The van der Waals surface area contributed by atoms with Gasteiger partial charge in [0.25, 0.3) is 5.91 Å². The van der Waals surface area contributed by atoms with Crippen LogP contribution in [-0.2, 0) is 6.54 Å². The number of para-hydroxylation sites is 1. The van der Waals surface area contributed by atoms with E-state index in [4.69, 9.17) is 8.94 Å². The van der Waals surface area contributed by atoms with Crippen LogP contribution in [0, 0.1) is 5.82 Å². The molecule has 2 aromatic carbocycles. The molecule has 0 saturated heterocycles. The first-order valence-electron chi connectivity index (χ1n) is 8.13. The van der Waals surface area contributed by atoms with Crippen molar-refractivity contribution in [1.29, 1.82) is 0 Å². The molecule has 7 heteroatoms. The molecule has 4 rings (SSSR count). The summed E-state index contributed by atoms with van der Waals surface area (Å²) in [6.07, 6.45) is 0. The lowest BCUT2D eigenvalue weighted by Crippen LogP contribution is -2.24. The number of halogens is 1. The number of benzene rings is 2. The van der Waals surface area contributed by atoms with E-state index in [9.17, 15) is 14.0 Å². The van der Waals surface area contributed by atoms with E-state index in [0.717, 1.165) is 6.07 Å². The molecule has 0 spiro atoms. The first-order valence-corrected chi connectivity index (χ1v) is 8.13. The number of hydrogen-bond acceptors (Lipinski definition) is 5. The zero-order chi connectivity index (χ0) is 18.8. The van der Waals surface area contributed by atoms with Crippen LogP contribution in [0.25, 0.3) is 22.3 Å². The second kappa shape index (κ2) is 6.87. The Balaban J connectivity index is 1.48. The topological polar surface area (TPSA) is 85.3 Å². The Morgan fingerprint density at radius 3 is 2.67 bits per heavy atom. The van der Waals surface area contributed by atoms with Crippen LogP contribution >= 0.6 is 0 Å². The number of rotatable bonds is 4. The summed E-state index contributed by atoms with van der Waals surface area (Å²) < 4.78 is 23.7. The van der Waals surface area contributed by atoms with Crippen LogP contribution < -0.4 is 10.7 Å². The molecule has 6 nitrogen and oxygen atoms in total. The van der Waals surface area contributed by atoms with Crippen molar-refractivity contribution < 1.29 is 18.1 Å². The van der Waals surface area contributed by atoms with Gasteiger partial charge < -0.3 is 14.3 Å². The van der Waals surface area contributed by atoms with E-state index in [1.165, 1.54) is 12.1 Å². The van der Waals surface area contributed by atoms with Crippen molar-refractivity contribution in [2.45, 2.75) is 6.54 Å². The van der Waals surface area contributed by atoms with Gasteiger partial charge in [0.2, 0.25) is 0 Å². The van der Waals surface area contributed by atoms with Crippen molar-refractivity contribution in [2.24, 2.45) is 0 Å². The van der Waals surface area contributed by atoms with E-state index in [1.807, 2.05) is 0 Å². The van der Waals surface area contributed by atoms with Crippen LogP contribution in [0.15, 0.2) is 74.4 Å². The molecule has 4 aromatic rings. The molecular weight excluding hydrogens is 351 g/mol. The second-order valence-corrected chi connectivity index (χ2v) is 5.84. The molecule has 0 aliphatic heterocycles. The average molecular weight is 364 g/mol. The standard InChI is InChI=1S/C20H13FN2O4/c21-13-7-5-12(6-8-13)18-9-14(23-27-18)11-22-20(25)19-10-16(24)15-3-1-2-4-17(15)26-19/h1-10H,11H2,(H,22,25). The molecule has 134 valence electrons. The molecule has 0 atom stereocenters. The maximum atomic E-state index is 13.0. The smallest absolute Gasteiger partial charge is 0.287 e. The largest absolute Gasteiger partial charge is 0.451 e. The molecule has 2 aromatic heterocycles. The van der Waals surface area contributed by atoms with Crippen LogP contribution in [0.2, 0.25) is 0 Å². The van der Waals surface area contributed by atoms with Gasteiger partial charge in [0.05, 0.1) is 11.9 Å².